The minimum Gasteiger partial charge on any atom is -0.473 e. The van der Waals surface area contributed by atoms with Crippen LogP contribution in [0.4, 0.5) is 4.39 Å². The second-order valence-electron chi connectivity index (χ2n) is 7.77. The monoisotopic (exact) mass is 467 g/mol. The number of H-pyrrole nitrogens is 1. The molecule has 2 aromatic heterocycles. The smallest absolute Gasteiger partial charge is 0.251 e. The summed E-state index contributed by atoms with van der Waals surface area (Å²) in [5, 5.41) is 2.89. The number of aromatic nitrogens is 4. The highest BCUT2D eigenvalue weighted by Gasteiger charge is 2.16. The molecule has 7 nitrogen and oxygen atoms in total. The Labute approximate surface area is 195 Å². The minimum atomic E-state index is -0.522. The molecule has 33 heavy (non-hydrogen) atoms. The van der Waals surface area contributed by atoms with Crippen molar-refractivity contribution in [1.82, 2.24) is 25.3 Å². The number of aryl methyl sites for hydroxylation is 1. The Hall–Kier alpha value is -3.52. The van der Waals surface area contributed by atoms with Gasteiger partial charge in [-0.3, -0.25) is 4.79 Å². The van der Waals surface area contributed by atoms with Gasteiger partial charge >= 0.3 is 0 Å². The Kier molecular flexibility index (Phi) is 6.84. The van der Waals surface area contributed by atoms with E-state index in [0.717, 1.165) is 18.7 Å². The third-order valence-electron chi connectivity index (χ3n) is 4.87. The van der Waals surface area contributed by atoms with Crippen LogP contribution in [-0.2, 0) is 6.42 Å². The van der Waals surface area contributed by atoms with Crippen molar-refractivity contribution >= 4 is 28.5 Å². The average Bonchev–Trinajstić information content (AvgIpc) is 3.31. The number of aromatic amines is 1. The summed E-state index contributed by atoms with van der Waals surface area (Å²) in [5.41, 5.74) is 2.56. The predicted octanol–water partition coefficient (Wildman–Crippen LogP) is 4.96. The molecule has 0 aliphatic rings. The molecule has 4 aromatic rings. The highest BCUT2D eigenvalue weighted by Crippen LogP contribution is 2.32. The zero-order valence-electron chi connectivity index (χ0n) is 18.2. The van der Waals surface area contributed by atoms with Crippen molar-refractivity contribution in [2.45, 2.75) is 32.8 Å². The number of carbonyl (C=O) groups is 1. The summed E-state index contributed by atoms with van der Waals surface area (Å²) in [7, 11) is 0. The van der Waals surface area contributed by atoms with Crippen molar-refractivity contribution < 1.29 is 13.9 Å². The topological polar surface area (TPSA) is 92.8 Å². The number of halogens is 2. The van der Waals surface area contributed by atoms with Crippen LogP contribution in [0.15, 0.2) is 48.8 Å². The number of nitrogens with one attached hydrogen (secondary N) is 2. The highest BCUT2D eigenvalue weighted by molar-refractivity contribution is 6.31. The fraction of sp³-hybridized carbons (Fsp3) is 0.250. The molecule has 170 valence electrons. The summed E-state index contributed by atoms with van der Waals surface area (Å²) in [5.74, 6) is 0.479. The van der Waals surface area contributed by atoms with Gasteiger partial charge in [0.1, 0.15) is 17.3 Å². The Bertz CT molecular complexity index is 1280. The molecule has 2 heterocycles. The first-order valence-corrected chi connectivity index (χ1v) is 11.0. The van der Waals surface area contributed by atoms with Crippen molar-refractivity contribution in [2.75, 3.05) is 6.54 Å². The first-order valence-electron chi connectivity index (χ1n) is 10.6. The standard InChI is InChI=1S/C24H23ClFN5O2/c1-14(2)33-24-22(15-5-7-18(26)17(25)12-15)30-20-13-16(6-8-19(20)31-24)23(32)29-9-3-4-21-27-10-11-28-21/h5-8,10-14H,3-4,9H2,1-2H3,(H,27,28)(H,29,32). The lowest BCUT2D eigenvalue weighted by molar-refractivity contribution is 0.0953. The fourth-order valence-corrected chi connectivity index (χ4v) is 3.49. The van der Waals surface area contributed by atoms with Crippen LogP contribution in [0.1, 0.15) is 36.5 Å². The van der Waals surface area contributed by atoms with Gasteiger partial charge in [0.05, 0.1) is 22.2 Å². The van der Waals surface area contributed by atoms with Crippen LogP contribution in [0, 0.1) is 5.82 Å². The third kappa shape index (κ3) is 5.46. The van der Waals surface area contributed by atoms with Crippen LogP contribution < -0.4 is 10.1 Å². The summed E-state index contributed by atoms with van der Waals surface area (Å²) >= 11 is 5.98. The first kappa shape index (κ1) is 22.7. The molecule has 0 bridgehead atoms. The number of carbonyl (C=O) groups excluding carboxylic acids is 1. The maximum atomic E-state index is 13.7. The van der Waals surface area contributed by atoms with E-state index < -0.39 is 5.82 Å². The van der Waals surface area contributed by atoms with E-state index in [4.69, 9.17) is 16.3 Å². The molecule has 0 aliphatic carbocycles. The molecular formula is C24H23ClFN5O2. The van der Waals surface area contributed by atoms with E-state index in [1.165, 1.54) is 12.1 Å². The van der Waals surface area contributed by atoms with Gasteiger partial charge in [-0.1, -0.05) is 11.6 Å². The molecule has 9 heteroatoms. The van der Waals surface area contributed by atoms with Gasteiger partial charge in [0.2, 0.25) is 5.88 Å². The van der Waals surface area contributed by atoms with Crippen LogP contribution in [0.2, 0.25) is 5.02 Å². The largest absolute Gasteiger partial charge is 0.473 e. The molecule has 0 radical (unpaired) electrons. The first-order chi connectivity index (χ1) is 15.9. The van der Waals surface area contributed by atoms with Crippen molar-refractivity contribution in [1.29, 1.82) is 0 Å². The minimum absolute atomic E-state index is 0.0208. The number of hydrogen-bond donors (Lipinski definition) is 2. The summed E-state index contributed by atoms with van der Waals surface area (Å²) < 4.78 is 19.5. The van der Waals surface area contributed by atoms with Gasteiger partial charge in [0, 0.05) is 36.5 Å². The summed E-state index contributed by atoms with van der Waals surface area (Å²) in [6, 6.07) is 9.43. The van der Waals surface area contributed by atoms with Crippen molar-refractivity contribution in [2.24, 2.45) is 0 Å². The van der Waals surface area contributed by atoms with Crippen molar-refractivity contribution in [3.05, 3.63) is 71.0 Å². The van der Waals surface area contributed by atoms with Gasteiger partial charge in [-0.2, -0.15) is 0 Å². The third-order valence-corrected chi connectivity index (χ3v) is 5.16. The van der Waals surface area contributed by atoms with E-state index in [1.54, 1.807) is 36.7 Å². The lowest BCUT2D eigenvalue weighted by atomic mass is 10.1. The van der Waals surface area contributed by atoms with Crippen LogP contribution in [-0.4, -0.2) is 38.5 Å². The molecule has 0 atom stereocenters. The van der Waals surface area contributed by atoms with E-state index in [9.17, 15) is 9.18 Å². The second-order valence-corrected chi connectivity index (χ2v) is 8.18. The molecule has 4 rings (SSSR count). The highest BCUT2D eigenvalue weighted by atomic mass is 35.5. The van der Waals surface area contributed by atoms with Crippen LogP contribution >= 0.6 is 11.6 Å². The maximum Gasteiger partial charge on any atom is 0.251 e. The molecule has 0 fully saturated rings. The fourth-order valence-electron chi connectivity index (χ4n) is 3.31. The molecule has 2 N–H and O–H groups in total. The zero-order chi connectivity index (χ0) is 23.4. The Balaban J connectivity index is 1.59. The molecule has 0 unspecified atom stereocenters. The second kappa shape index (κ2) is 9.95. The average molecular weight is 468 g/mol. The zero-order valence-corrected chi connectivity index (χ0v) is 19.0. The summed E-state index contributed by atoms with van der Waals surface area (Å²) in [6.07, 6.45) is 4.85. The predicted molar refractivity (Wildman–Crippen MR) is 125 cm³/mol. The number of fused-ring (bicyclic) bond motifs is 1. The molecule has 0 spiro atoms. The molecular weight excluding hydrogens is 445 g/mol. The number of benzene rings is 2. The normalized spacial score (nSPS) is 11.2. The van der Waals surface area contributed by atoms with Gasteiger partial charge in [0.25, 0.3) is 5.91 Å². The number of ether oxygens (including phenoxy) is 1. The van der Waals surface area contributed by atoms with Gasteiger partial charge in [-0.05, 0) is 56.7 Å². The lowest BCUT2D eigenvalue weighted by Gasteiger charge is -2.14. The number of amides is 1. The van der Waals surface area contributed by atoms with Gasteiger partial charge in [0.15, 0.2) is 0 Å². The van der Waals surface area contributed by atoms with Crippen molar-refractivity contribution in [3.63, 3.8) is 0 Å². The summed E-state index contributed by atoms with van der Waals surface area (Å²) in [4.78, 5) is 29.1. The summed E-state index contributed by atoms with van der Waals surface area (Å²) in [6.45, 7) is 4.28. The van der Waals surface area contributed by atoms with E-state index in [2.05, 4.69) is 25.3 Å². The van der Waals surface area contributed by atoms with E-state index in [1.807, 2.05) is 13.8 Å². The SMILES string of the molecule is CC(C)Oc1nc2ccc(C(=O)NCCCc3ncc[nH]3)cc2nc1-c1ccc(F)c(Cl)c1. The van der Waals surface area contributed by atoms with Crippen LogP contribution in [0.5, 0.6) is 5.88 Å². The van der Waals surface area contributed by atoms with E-state index in [0.29, 0.717) is 40.3 Å². The maximum absolute atomic E-state index is 13.7. The molecule has 0 aliphatic heterocycles. The number of imidazole rings is 1. The molecule has 0 saturated carbocycles. The molecule has 1 amide bonds. The number of rotatable bonds is 8. The van der Waals surface area contributed by atoms with Crippen LogP contribution in [0.25, 0.3) is 22.3 Å². The lowest BCUT2D eigenvalue weighted by Crippen LogP contribution is -2.24. The Morgan fingerprint density at radius 1 is 1.18 bits per heavy atom. The van der Waals surface area contributed by atoms with Crippen LogP contribution in [0.3, 0.4) is 0 Å². The number of hydrogen-bond acceptors (Lipinski definition) is 5. The van der Waals surface area contributed by atoms with Gasteiger partial charge in [-0.15, -0.1) is 0 Å². The molecule has 2 aromatic carbocycles. The van der Waals surface area contributed by atoms with E-state index in [-0.39, 0.29) is 17.0 Å². The Morgan fingerprint density at radius 3 is 2.76 bits per heavy atom. The molecule has 0 saturated heterocycles. The van der Waals surface area contributed by atoms with Crippen molar-refractivity contribution in [3.8, 4) is 17.1 Å². The quantitative estimate of drug-likeness (QED) is 0.357. The van der Waals surface area contributed by atoms with Gasteiger partial charge in [-0.25, -0.2) is 19.3 Å². The Morgan fingerprint density at radius 2 is 2.03 bits per heavy atom. The van der Waals surface area contributed by atoms with Gasteiger partial charge < -0.3 is 15.0 Å². The number of nitrogens with zero attached hydrogens (tertiary/aromatic N) is 3. The van der Waals surface area contributed by atoms with E-state index >= 15 is 0 Å².